The van der Waals surface area contributed by atoms with E-state index >= 15 is 0 Å². The Balaban J connectivity index is 2.23. The van der Waals surface area contributed by atoms with Gasteiger partial charge in [-0.1, -0.05) is 72.2 Å². The lowest BCUT2D eigenvalue weighted by atomic mass is 9.77. The van der Waals surface area contributed by atoms with E-state index < -0.39 is 0 Å². The van der Waals surface area contributed by atoms with Gasteiger partial charge in [0, 0.05) is 0 Å². The van der Waals surface area contributed by atoms with E-state index in [0.29, 0.717) is 0 Å². The van der Waals surface area contributed by atoms with E-state index in [2.05, 4.69) is 89.8 Å². The molecule has 1 heteroatoms. The highest BCUT2D eigenvalue weighted by Crippen LogP contribution is 2.37. The van der Waals surface area contributed by atoms with E-state index in [9.17, 15) is 0 Å². The van der Waals surface area contributed by atoms with E-state index in [-0.39, 0.29) is 0 Å². The number of benzene rings is 4. The molecule has 0 aliphatic carbocycles. The molecule has 0 saturated heterocycles. The highest BCUT2D eigenvalue weighted by Gasteiger charge is 2.16. The van der Waals surface area contributed by atoms with E-state index in [1.54, 1.807) is 0 Å². The van der Waals surface area contributed by atoms with Crippen molar-refractivity contribution in [3.63, 3.8) is 0 Å². The molecule has 0 aromatic heterocycles. The predicted octanol–water partition coefficient (Wildman–Crippen LogP) is 5.49. The van der Waals surface area contributed by atoms with Gasteiger partial charge in [0.15, 0.2) is 0 Å². The molecule has 0 aliphatic rings. The van der Waals surface area contributed by atoms with Crippen LogP contribution in [0.5, 0.6) is 0 Å². The second kappa shape index (κ2) is 6.18. The van der Waals surface area contributed by atoms with Crippen molar-refractivity contribution in [1.29, 1.82) is 0 Å². The van der Waals surface area contributed by atoms with Crippen molar-refractivity contribution in [2.24, 2.45) is 0 Å². The minimum absolute atomic E-state index is 1.16. The molecule has 0 heterocycles. The molecule has 0 unspecified atom stereocenters. The van der Waals surface area contributed by atoms with E-state index in [1.807, 2.05) is 6.08 Å². The van der Waals surface area contributed by atoms with Crippen molar-refractivity contribution in [3.8, 4) is 11.1 Å². The molecule has 0 aliphatic heterocycles. The molecule has 0 nitrogen and oxygen atoms in total. The van der Waals surface area contributed by atoms with Crippen molar-refractivity contribution in [3.05, 3.63) is 83.4 Å². The zero-order valence-corrected chi connectivity index (χ0v) is 16.0. The summed E-state index contributed by atoms with van der Waals surface area (Å²) in [5.74, 6) is 0. The Labute approximate surface area is 156 Å². The van der Waals surface area contributed by atoms with Gasteiger partial charge in [-0.05, 0) is 76.2 Å². The van der Waals surface area contributed by atoms with Gasteiger partial charge in [-0.25, -0.2) is 0 Å². The van der Waals surface area contributed by atoms with Gasteiger partial charge in [-0.3, -0.25) is 0 Å². The SMILES string of the molecule is Bc1c(C)cc2cc(C=C)ccc2c1-c1c(C)c(C)cc2ccccc12. The van der Waals surface area contributed by atoms with Crippen LogP contribution in [0.4, 0.5) is 0 Å². The smallest absolute Gasteiger partial charge is 0.0985 e. The third-order valence-electron chi connectivity index (χ3n) is 5.74. The minimum atomic E-state index is 1.16. The summed E-state index contributed by atoms with van der Waals surface area (Å²) in [6.45, 7) is 10.6. The molecule has 0 bridgehead atoms. The molecule has 0 amide bonds. The molecule has 26 heavy (non-hydrogen) atoms. The van der Waals surface area contributed by atoms with Gasteiger partial charge in [0.25, 0.3) is 0 Å². The first kappa shape index (κ1) is 16.7. The Bertz CT molecular complexity index is 1180. The fraction of sp³-hybridized carbons (Fsp3) is 0.120. The standard InChI is InChI=1S/C25H23B/c1-5-18-10-11-22-20(14-18)13-16(3)25(26)24(22)23-17(4)15(2)12-19-8-6-7-9-21(19)23/h5-14H,1,26H2,2-4H3. The zero-order chi connectivity index (χ0) is 18.4. The first-order chi connectivity index (χ1) is 12.5. The molecule has 0 fully saturated rings. The summed E-state index contributed by atoms with van der Waals surface area (Å²) in [5.41, 5.74) is 9.31. The van der Waals surface area contributed by atoms with Gasteiger partial charge in [-0.2, -0.15) is 0 Å². The number of hydrogen-bond donors (Lipinski definition) is 0. The van der Waals surface area contributed by atoms with Crippen molar-refractivity contribution in [2.45, 2.75) is 20.8 Å². The van der Waals surface area contributed by atoms with E-state index in [4.69, 9.17) is 0 Å². The fourth-order valence-corrected chi connectivity index (χ4v) is 4.03. The lowest BCUT2D eigenvalue weighted by Gasteiger charge is -2.20. The monoisotopic (exact) mass is 334 g/mol. The summed E-state index contributed by atoms with van der Waals surface area (Å²) in [4.78, 5) is 0. The highest BCUT2D eigenvalue weighted by molar-refractivity contribution is 6.40. The van der Waals surface area contributed by atoms with Gasteiger partial charge in [0.1, 0.15) is 7.85 Å². The van der Waals surface area contributed by atoms with Crippen LogP contribution >= 0.6 is 0 Å². The van der Waals surface area contributed by atoms with E-state index in [0.717, 1.165) is 5.56 Å². The van der Waals surface area contributed by atoms with Crippen LogP contribution in [0.3, 0.4) is 0 Å². The van der Waals surface area contributed by atoms with Crippen LogP contribution < -0.4 is 5.46 Å². The van der Waals surface area contributed by atoms with Crippen LogP contribution in [0.2, 0.25) is 0 Å². The first-order valence-electron chi connectivity index (χ1n) is 9.17. The maximum absolute atomic E-state index is 3.92. The Morgan fingerprint density at radius 3 is 2.23 bits per heavy atom. The molecule has 0 atom stereocenters. The molecule has 4 rings (SSSR count). The molecule has 0 radical (unpaired) electrons. The molecule has 126 valence electrons. The maximum atomic E-state index is 3.92. The van der Waals surface area contributed by atoms with Gasteiger partial charge >= 0.3 is 0 Å². The second-order valence-corrected chi connectivity index (χ2v) is 7.29. The van der Waals surface area contributed by atoms with Crippen LogP contribution in [0.1, 0.15) is 22.3 Å². The van der Waals surface area contributed by atoms with Gasteiger partial charge in [-0.15, -0.1) is 0 Å². The average molecular weight is 334 g/mol. The number of hydrogen-bond acceptors (Lipinski definition) is 0. The molecule has 4 aromatic carbocycles. The quantitative estimate of drug-likeness (QED) is 0.425. The second-order valence-electron chi connectivity index (χ2n) is 7.29. The highest BCUT2D eigenvalue weighted by atomic mass is 14.2. The van der Waals surface area contributed by atoms with Crippen molar-refractivity contribution in [2.75, 3.05) is 0 Å². The maximum Gasteiger partial charge on any atom is 0.140 e. The predicted molar refractivity (Wildman–Crippen MR) is 119 cm³/mol. The van der Waals surface area contributed by atoms with Crippen LogP contribution in [-0.4, -0.2) is 7.85 Å². The molecule has 0 spiro atoms. The van der Waals surface area contributed by atoms with E-state index in [1.165, 1.54) is 54.8 Å². The molecule has 0 saturated carbocycles. The number of fused-ring (bicyclic) bond motifs is 2. The summed E-state index contributed by atoms with van der Waals surface area (Å²) in [7, 11) is 2.25. The van der Waals surface area contributed by atoms with Crippen molar-refractivity contribution in [1.82, 2.24) is 0 Å². The van der Waals surface area contributed by atoms with Gasteiger partial charge in [0.05, 0.1) is 0 Å². The molecule has 0 N–H and O–H groups in total. The normalized spacial score (nSPS) is 11.2. The Morgan fingerprint density at radius 1 is 0.769 bits per heavy atom. The average Bonchev–Trinajstić information content (AvgIpc) is 2.64. The van der Waals surface area contributed by atoms with Crippen LogP contribution in [0.25, 0.3) is 38.7 Å². The molecular formula is C25H23B. The van der Waals surface area contributed by atoms with Crippen molar-refractivity contribution < 1.29 is 0 Å². The lowest BCUT2D eigenvalue weighted by molar-refractivity contribution is 1.37. The Hall–Kier alpha value is -2.80. The van der Waals surface area contributed by atoms with Crippen molar-refractivity contribution >= 4 is 40.9 Å². The van der Waals surface area contributed by atoms with Crippen LogP contribution in [0.15, 0.2) is 61.2 Å². The number of rotatable bonds is 2. The molecule has 4 aromatic rings. The third kappa shape index (κ3) is 2.47. The number of aryl methyl sites for hydroxylation is 2. The summed E-state index contributed by atoms with van der Waals surface area (Å²) in [6, 6.07) is 20.0. The molecular weight excluding hydrogens is 311 g/mol. The lowest BCUT2D eigenvalue weighted by Crippen LogP contribution is -2.13. The Morgan fingerprint density at radius 2 is 1.46 bits per heavy atom. The largest absolute Gasteiger partial charge is 0.140 e. The van der Waals surface area contributed by atoms with Crippen LogP contribution in [-0.2, 0) is 0 Å². The van der Waals surface area contributed by atoms with Gasteiger partial charge < -0.3 is 0 Å². The third-order valence-corrected chi connectivity index (χ3v) is 5.74. The summed E-state index contributed by atoms with van der Waals surface area (Å²) >= 11 is 0. The zero-order valence-electron chi connectivity index (χ0n) is 16.0. The van der Waals surface area contributed by atoms with Crippen LogP contribution in [0, 0.1) is 20.8 Å². The topological polar surface area (TPSA) is 0 Å². The first-order valence-corrected chi connectivity index (χ1v) is 9.17. The minimum Gasteiger partial charge on any atom is -0.0985 e. The fourth-order valence-electron chi connectivity index (χ4n) is 4.03. The van der Waals surface area contributed by atoms with Gasteiger partial charge in [0.2, 0.25) is 0 Å². The summed E-state index contributed by atoms with van der Waals surface area (Å²) in [6.07, 6.45) is 1.92. The summed E-state index contributed by atoms with van der Waals surface area (Å²) < 4.78 is 0. The summed E-state index contributed by atoms with van der Waals surface area (Å²) in [5, 5.41) is 5.24. The Kier molecular flexibility index (Phi) is 3.96.